The SMILES string of the molecule is COc1cccc(N(CCN2CCC(C(=O)c3ccc(F)cc3)CC2)C(=O)c2ccccc2NC(C)=O)c1.O=C(O)C=CC(=O)O. The lowest BCUT2D eigenvalue weighted by Crippen LogP contribution is -2.43. The number of Topliss-reactive ketones (excluding diaryl/α,β-unsaturated/α-hetero) is 1. The second-order valence-electron chi connectivity index (χ2n) is 10.4. The molecule has 12 heteroatoms. The monoisotopic (exact) mass is 633 g/mol. The molecule has 2 amide bonds. The maximum absolute atomic E-state index is 13.8. The molecule has 0 aliphatic carbocycles. The van der Waals surface area contributed by atoms with Crippen LogP contribution in [0.3, 0.4) is 0 Å². The fraction of sp³-hybridized carbons (Fsp3) is 0.265. The number of ether oxygens (including phenoxy) is 1. The van der Waals surface area contributed by atoms with E-state index in [9.17, 15) is 28.4 Å². The molecule has 242 valence electrons. The summed E-state index contributed by atoms with van der Waals surface area (Å²) in [5.74, 6) is -2.77. The van der Waals surface area contributed by atoms with Crippen LogP contribution in [0.15, 0.2) is 84.9 Å². The van der Waals surface area contributed by atoms with E-state index in [2.05, 4.69) is 10.2 Å². The molecule has 0 atom stereocenters. The first-order valence-corrected chi connectivity index (χ1v) is 14.5. The van der Waals surface area contributed by atoms with Gasteiger partial charge in [-0.25, -0.2) is 14.0 Å². The number of methoxy groups -OCH3 is 1. The topological polar surface area (TPSA) is 154 Å². The normalized spacial score (nSPS) is 13.3. The summed E-state index contributed by atoms with van der Waals surface area (Å²) in [5.41, 5.74) is 2.08. The molecule has 11 nitrogen and oxygen atoms in total. The zero-order chi connectivity index (χ0) is 33.6. The number of amides is 2. The molecule has 1 fully saturated rings. The Labute approximate surface area is 265 Å². The zero-order valence-electron chi connectivity index (χ0n) is 25.5. The molecule has 3 aromatic rings. The third kappa shape index (κ3) is 10.7. The molecule has 1 heterocycles. The number of rotatable bonds is 11. The lowest BCUT2D eigenvalue weighted by atomic mass is 9.89. The molecule has 0 bridgehead atoms. The van der Waals surface area contributed by atoms with Crippen LogP contribution < -0.4 is 15.0 Å². The van der Waals surface area contributed by atoms with E-state index < -0.39 is 11.9 Å². The Morgan fingerprint density at radius 2 is 1.57 bits per heavy atom. The smallest absolute Gasteiger partial charge is 0.328 e. The van der Waals surface area contributed by atoms with Gasteiger partial charge in [0.1, 0.15) is 11.6 Å². The van der Waals surface area contributed by atoms with Crippen LogP contribution in [0, 0.1) is 11.7 Å². The van der Waals surface area contributed by atoms with Gasteiger partial charge in [0.15, 0.2) is 5.78 Å². The van der Waals surface area contributed by atoms with E-state index in [0.29, 0.717) is 66.3 Å². The van der Waals surface area contributed by atoms with Crippen LogP contribution in [-0.2, 0) is 14.4 Å². The van der Waals surface area contributed by atoms with Crippen molar-refractivity contribution >= 4 is 40.9 Å². The van der Waals surface area contributed by atoms with Crippen molar-refractivity contribution in [3.05, 3.63) is 102 Å². The molecule has 1 aliphatic heterocycles. The quantitative estimate of drug-likeness (QED) is 0.201. The van der Waals surface area contributed by atoms with E-state index in [4.69, 9.17) is 14.9 Å². The number of hydrogen-bond acceptors (Lipinski definition) is 7. The van der Waals surface area contributed by atoms with Gasteiger partial charge < -0.3 is 30.1 Å². The van der Waals surface area contributed by atoms with Crippen molar-refractivity contribution in [1.29, 1.82) is 0 Å². The number of aliphatic carboxylic acids is 2. The second-order valence-corrected chi connectivity index (χ2v) is 10.4. The number of carboxylic acid groups (broad SMARTS) is 2. The Bertz CT molecular complexity index is 1550. The lowest BCUT2D eigenvalue weighted by Gasteiger charge is -2.33. The third-order valence-electron chi connectivity index (χ3n) is 7.17. The summed E-state index contributed by atoms with van der Waals surface area (Å²) in [6.45, 7) is 3.88. The predicted molar refractivity (Wildman–Crippen MR) is 170 cm³/mol. The molecule has 1 aliphatic rings. The van der Waals surface area contributed by atoms with Crippen LogP contribution in [0.2, 0.25) is 0 Å². The number of para-hydroxylation sites is 1. The van der Waals surface area contributed by atoms with Gasteiger partial charge in [0.25, 0.3) is 5.91 Å². The number of likely N-dealkylation sites (tertiary alicyclic amines) is 1. The van der Waals surface area contributed by atoms with Gasteiger partial charge in [-0.3, -0.25) is 14.4 Å². The Morgan fingerprint density at radius 1 is 0.935 bits per heavy atom. The molecular weight excluding hydrogens is 597 g/mol. The Balaban J connectivity index is 0.000000637. The summed E-state index contributed by atoms with van der Waals surface area (Å²) in [6, 6.07) is 20.0. The standard InChI is InChI=1S/C30H32FN3O4.C4H4O4/c1-21(35)32-28-9-4-3-8-27(28)30(37)34(25-6-5-7-26(20-25)38-2)19-18-33-16-14-23(15-17-33)29(36)22-10-12-24(31)13-11-22;5-3(6)1-2-4(7)8/h3-13,20,23H,14-19H2,1-2H3,(H,32,35);1-2H,(H,5,6)(H,7,8). The molecule has 3 N–H and O–H groups in total. The summed E-state index contributed by atoms with van der Waals surface area (Å²) in [5, 5.41) is 18.4. The summed E-state index contributed by atoms with van der Waals surface area (Å²) < 4.78 is 18.6. The van der Waals surface area contributed by atoms with Crippen LogP contribution in [0.1, 0.15) is 40.5 Å². The number of carboxylic acids is 2. The summed E-state index contributed by atoms with van der Waals surface area (Å²) >= 11 is 0. The van der Waals surface area contributed by atoms with Crippen LogP contribution >= 0.6 is 0 Å². The number of carbonyl (C=O) groups is 5. The number of carbonyl (C=O) groups excluding carboxylic acids is 3. The number of ketones is 1. The first-order valence-electron chi connectivity index (χ1n) is 14.5. The highest BCUT2D eigenvalue weighted by molar-refractivity contribution is 6.11. The molecule has 0 spiro atoms. The summed E-state index contributed by atoms with van der Waals surface area (Å²) in [6.07, 6.45) is 2.52. The zero-order valence-corrected chi connectivity index (χ0v) is 25.5. The molecule has 0 saturated carbocycles. The Kier molecular flexibility index (Phi) is 13.1. The third-order valence-corrected chi connectivity index (χ3v) is 7.17. The number of nitrogens with zero attached hydrogens (tertiary/aromatic N) is 2. The van der Waals surface area contributed by atoms with E-state index in [1.54, 1.807) is 48.4 Å². The van der Waals surface area contributed by atoms with Gasteiger partial charge in [-0.05, 0) is 74.5 Å². The Morgan fingerprint density at radius 3 is 2.15 bits per heavy atom. The molecule has 1 saturated heterocycles. The maximum Gasteiger partial charge on any atom is 0.328 e. The van der Waals surface area contributed by atoms with Gasteiger partial charge in [0.05, 0.1) is 18.4 Å². The van der Waals surface area contributed by atoms with Crippen molar-refractivity contribution in [2.75, 3.05) is 43.5 Å². The average molecular weight is 634 g/mol. The van der Waals surface area contributed by atoms with Crippen molar-refractivity contribution in [1.82, 2.24) is 4.90 Å². The predicted octanol–water partition coefficient (Wildman–Crippen LogP) is 4.75. The first-order chi connectivity index (χ1) is 22.0. The minimum atomic E-state index is -1.26. The van der Waals surface area contributed by atoms with Gasteiger partial charge in [-0.2, -0.15) is 0 Å². The van der Waals surface area contributed by atoms with Crippen LogP contribution in [-0.4, -0.2) is 77.9 Å². The summed E-state index contributed by atoms with van der Waals surface area (Å²) in [7, 11) is 1.58. The minimum absolute atomic E-state index is 0.0485. The number of anilines is 2. The number of nitrogens with one attached hydrogen (secondary N) is 1. The molecule has 46 heavy (non-hydrogen) atoms. The first kappa shape index (κ1) is 35.1. The fourth-order valence-electron chi connectivity index (χ4n) is 4.89. The van der Waals surface area contributed by atoms with Gasteiger partial charge in [0.2, 0.25) is 5.91 Å². The average Bonchev–Trinajstić information content (AvgIpc) is 3.04. The van der Waals surface area contributed by atoms with Crippen LogP contribution in [0.4, 0.5) is 15.8 Å². The van der Waals surface area contributed by atoms with Crippen LogP contribution in [0.5, 0.6) is 5.75 Å². The highest BCUT2D eigenvalue weighted by Gasteiger charge is 2.27. The van der Waals surface area contributed by atoms with Crippen molar-refractivity contribution < 1.29 is 43.3 Å². The van der Waals surface area contributed by atoms with Crippen molar-refractivity contribution in [3.8, 4) is 5.75 Å². The van der Waals surface area contributed by atoms with E-state index in [-0.39, 0.29) is 29.3 Å². The molecule has 0 aromatic heterocycles. The molecular formula is C34H36FN3O8. The number of halogens is 1. The highest BCUT2D eigenvalue weighted by Crippen LogP contribution is 2.26. The van der Waals surface area contributed by atoms with Crippen molar-refractivity contribution in [3.63, 3.8) is 0 Å². The van der Waals surface area contributed by atoms with Crippen molar-refractivity contribution in [2.24, 2.45) is 5.92 Å². The number of piperidine rings is 1. The highest BCUT2D eigenvalue weighted by atomic mass is 19.1. The minimum Gasteiger partial charge on any atom is -0.497 e. The number of benzene rings is 3. The van der Waals surface area contributed by atoms with Gasteiger partial charge >= 0.3 is 11.9 Å². The van der Waals surface area contributed by atoms with Crippen LogP contribution in [0.25, 0.3) is 0 Å². The molecule has 4 rings (SSSR count). The van der Waals surface area contributed by atoms with E-state index >= 15 is 0 Å². The second kappa shape index (κ2) is 17.2. The lowest BCUT2D eigenvalue weighted by molar-refractivity contribution is -0.134. The van der Waals surface area contributed by atoms with E-state index in [1.165, 1.54) is 19.1 Å². The largest absolute Gasteiger partial charge is 0.497 e. The van der Waals surface area contributed by atoms with E-state index in [0.717, 1.165) is 13.1 Å². The number of hydrogen-bond donors (Lipinski definition) is 3. The maximum atomic E-state index is 13.8. The molecule has 0 unspecified atom stereocenters. The summed E-state index contributed by atoms with van der Waals surface area (Å²) in [4.78, 5) is 61.4. The molecule has 0 radical (unpaired) electrons. The van der Waals surface area contributed by atoms with Gasteiger partial charge in [-0.15, -0.1) is 0 Å². The van der Waals surface area contributed by atoms with Gasteiger partial charge in [-0.1, -0.05) is 18.2 Å². The van der Waals surface area contributed by atoms with Crippen molar-refractivity contribution in [2.45, 2.75) is 19.8 Å². The van der Waals surface area contributed by atoms with Gasteiger partial charge in [0, 0.05) is 55.4 Å². The fourth-order valence-corrected chi connectivity index (χ4v) is 4.89. The van der Waals surface area contributed by atoms with E-state index in [1.807, 2.05) is 24.3 Å². The Hall–Kier alpha value is -5.36. The molecule has 3 aromatic carbocycles.